The Balaban J connectivity index is 1.88. The zero-order valence-electron chi connectivity index (χ0n) is 14.5. The summed E-state index contributed by atoms with van der Waals surface area (Å²) < 4.78 is 11.4. The highest BCUT2D eigenvalue weighted by atomic mass is 16.5. The molecule has 0 fully saturated rings. The van der Waals surface area contributed by atoms with Crippen LogP contribution in [-0.4, -0.2) is 35.8 Å². The van der Waals surface area contributed by atoms with Crippen LogP contribution in [0.4, 0.5) is 5.82 Å². The number of carbonyl (C=O) groups is 1. The molecule has 0 saturated heterocycles. The summed E-state index contributed by atoms with van der Waals surface area (Å²) in [6.07, 6.45) is 0.848. The quantitative estimate of drug-likeness (QED) is 0.869. The average molecular weight is 342 g/mol. The molecule has 0 aliphatic carbocycles. The van der Waals surface area contributed by atoms with Crippen molar-refractivity contribution >= 4 is 11.8 Å². The van der Waals surface area contributed by atoms with Crippen LogP contribution in [0.5, 0.6) is 11.5 Å². The van der Waals surface area contributed by atoms with E-state index >= 15 is 0 Å². The van der Waals surface area contributed by atoms with E-state index < -0.39 is 5.97 Å². The van der Waals surface area contributed by atoms with Gasteiger partial charge in [-0.2, -0.15) is 0 Å². The first-order valence-electron chi connectivity index (χ1n) is 8.49. The molecule has 1 aromatic heterocycles. The van der Waals surface area contributed by atoms with Crippen LogP contribution in [0.1, 0.15) is 35.5 Å². The molecule has 0 unspecified atom stereocenters. The summed E-state index contributed by atoms with van der Waals surface area (Å²) in [6.45, 7) is 6.52. The van der Waals surface area contributed by atoms with Crippen LogP contribution in [0.25, 0.3) is 0 Å². The molecule has 2 heterocycles. The van der Waals surface area contributed by atoms with Crippen molar-refractivity contribution in [1.82, 2.24) is 4.98 Å². The van der Waals surface area contributed by atoms with Crippen LogP contribution >= 0.6 is 0 Å². The zero-order valence-corrected chi connectivity index (χ0v) is 14.5. The largest absolute Gasteiger partial charge is 0.490 e. The van der Waals surface area contributed by atoms with Crippen LogP contribution in [0.2, 0.25) is 0 Å². The highest BCUT2D eigenvalue weighted by Gasteiger charge is 2.21. The van der Waals surface area contributed by atoms with Gasteiger partial charge in [0.25, 0.3) is 0 Å². The lowest BCUT2D eigenvalue weighted by molar-refractivity contribution is 0.0690. The summed E-state index contributed by atoms with van der Waals surface area (Å²) >= 11 is 0. The van der Waals surface area contributed by atoms with E-state index in [1.807, 2.05) is 26.0 Å². The van der Waals surface area contributed by atoms with Gasteiger partial charge in [0.1, 0.15) is 5.82 Å². The Morgan fingerprint density at radius 2 is 1.84 bits per heavy atom. The first-order chi connectivity index (χ1) is 12.1. The van der Waals surface area contributed by atoms with Crippen molar-refractivity contribution in [1.29, 1.82) is 0 Å². The summed E-state index contributed by atoms with van der Waals surface area (Å²) in [5.74, 6) is 1.19. The SMILES string of the molecule is CCOc1cc2c(cc1OCC)CN(c1cccc(C(=O)O)n1)CC2. The summed E-state index contributed by atoms with van der Waals surface area (Å²) in [7, 11) is 0. The maximum atomic E-state index is 11.1. The molecule has 1 N–H and O–H groups in total. The van der Waals surface area contributed by atoms with E-state index in [0.717, 1.165) is 30.0 Å². The fourth-order valence-electron chi connectivity index (χ4n) is 3.01. The van der Waals surface area contributed by atoms with Gasteiger partial charge < -0.3 is 19.5 Å². The van der Waals surface area contributed by atoms with E-state index in [0.29, 0.717) is 25.6 Å². The molecule has 1 aliphatic rings. The molecule has 0 atom stereocenters. The van der Waals surface area contributed by atoms with E-state index in [1.165, 1.54) is 11.6 Å². The molecule has 1 aliphatic heterocycles. The number of rotatable bonds is 6. The highest BCUT2D eigenvalue weighted by molar-refractivity contribution is 5.85. The van der Waals surface area contributed by atoms with Crippen LogP contribution in [-0.2, 0) is 13.0 Å². The number of aromatic carboxylic acids is 1. The van der Waals surface area contributed by atoms with Crippen molar-refractivity contribution in [3.63, 3.8) is 0 Å². The molecule has 25 heavy (non-hydrogen) atoms. The summed E-state index contributed by atoms with van der Waals surface area (Å²) in [4.78, 5) is 17.5. The number of carboxylic acid groups (broad SMARTS) is 1. The van der Waals surface area contributed by atoms with Gasteiger partial charge >= 0.3 is 5.97 Å². The second-order valence-corrected chi connectivity index (χ2v) is 5.79. The minimum absolute atomic E-state index is 0.0602. The molecular weight excluding hydrogens is 320 g/mol. The van der Waals surface area contributed by atoms with E-state index in [9.17, 15) is 4.79 Å². The van der Waals surface area contributed by atoms with Crippen LogP contribution in [0.15, 0.2) is 30.3 Å². The Hall–Kier alpha value is -2.76. The summed E-state index contributed by atoms with van der Waals surface area (Å²) in [5, 5.41) is 9.13. The molecule has 0 spiro atoms. The molecule has 6 nitrogen and oxygen atoms in total. The molecule has 0 bridgehead atoms. The predicted octanol–water partition coefficient (Wildman–Crippen LogP) is 3.14. The number of fused-ring (bicyclic) bond motifs is 1. The van der Waals surface area contributed by atoms with E-state index in [-0.39, 0.29) is 5.69 Å². The number of benzene rings is 1. The van der Waals surface area contributed by atoms with Gasteiger partial charge in [-0.15, -0.1) is 0 Å². The van der Waals surface area contributed by atoms with Crippen molar-refractivity contribution in [2.45, 2.75) is 26.8 Å². The number of anilines is 1. The number of carboxylic acids is 1. The van der Waals surface area contributed by atoms with Gasteiger partial charge in [0.2, 0.25) is 0 Å². The van der Waals surface area contributed by atoms with Gasteiger partial charge in [-0.05, 0) is 55.7 Å². The van der Waals surface area contributed by atoms with Crippen LogP contribution in [0.3, 0.4) is 0 Å². The normalized spacial score (nSPS) is 13.3. The van der Waals surface area contributed by atoms with Gasteiger partial charge in [0, 0.05) is 13.1 Å². The molecule has 6 heteroatoms. The Labute approximate surface area is 147 Å². The van der Waals surface area contributed by atoms with Crippen molar-refractivity contribution in [3.8, 4) is 11.5 Å². The standard InChI is InChI=1S/C19H22N2O4/c1-3-24-16-10-13-8-9-21(12-14(13)11-17(16)25-4-2)18-7-5-6-15(20-18)19(22)23/h5-7,10-11H,3-4,8-9,12H2,1-2H3,(H,22,23). The van der Waals surface area contributed by atoms with Crippen LogP contribution in [0, 0.1) is 0 Å². The Kier molecular flexibility index (Phi) is 5.07. The number of aromatic nitrogens is 1. The number of ether oxygens (including phenoxy) is 2. The Bertz CT molecular complexity index is 776. The van der Waals surface area contributed by atoms with Crippen molar-refractivity contribution in [2.75, 3.05) is 24.7 Å². The fraction of sp³-hybridized carbons (Fsp3) is 0.368. The van der Waals surface area contributed by atoms with Gasteiger partial charge in [-0.25, -0.2) is 9.78 Å². The minimum Gasteiger partial charge on any atom is -0.490 e. The molecule has 0 amide bonds. The van der Waals surface area contributed by atoms with E-state index in [4.69, 9.17) is 14.6 Å². The smallest absolute Gasteiger partial charge is 0.354 e. The Morgan fingerprint density at radius 1 is 1.16 bits per heavy atom. The Morgan fingerprint density at radius 3 is 2.48 bits per heavy atom. The lowest BCUT2D eigenvalue weighted by atomic mass is 9.98. The molecular formula is C19H22N2O4. The third-order valence-corrected chi connectivity index (χ3v) is 4.16. The van der Waals surface area contributed by atoms with Crippen LogP contribution < -0.4 is 14.4 Å². The maximum Gasteiger partial charge on any atom is 0.354 e. The van der Waals surface area contributed by atoms with Gasteiger partial charge in [-0.1, -0.05) is 6.07 Å². The van der Waals surface area contributed by atoms with Gasteiger partial charge in [0.05, 0.1) is 13.2 Å². The number of nitrogens with zero attached hydrogens (tertiary/aromatic N) is 2. The second kappa shape index (κ2) is 7.42. The van der Waals surface area contributed by atoms with E-state index in [1.54, 1.807) is 6.07 Å². The number of hydrogen-bond donors (Lipinski definition) is 1. The highest BCUT2D eigenvalue weighted by Crippen LogP contribution is 2.34. The summed E-state index contributed by atoms with van der Waals surface area (Å²) in [6, 6.07) is 9.16. The maximum absolute atomic E-state index is 11.1. The van der Waals surface area contributed by atoms with Gasteiger partial charge in [0.15, 0.2) is 17.2 Å². The number of pyridine rings is 1. The molecule has 3 rings (SSSR count). The third-order valence-electron chi connectivity index (χ3n) is 4.16. The third kappa shape index (κ3) is 3.68. The van der Waals surface area contributed by atoms with E-state index in [2.05, 4.69) is 16.0 Å². The lowest BCUT2D eigenvalue weighted by Gasteiger charge is -2.30. The monoisotopic (exact) mass is 342 g/mol. The predicted molar refractivity (Wildman–Crippen MR) is 94.7 cm³/mol. The average Bonchev–Trinajstić information content (AvgIpc) is 2.62. The van der Waals surface area contributed by atoms with Crippen molar-refractivity contribution in [2.24, 2.45) is 0 Å². The minimum atomic E-state index is -1.01. The molecule has 0 saturated carbocycles. The van der Waals surface area contributed by atoms with Crippen molar-refractivity contribution in [3.05, 3.63) is 47.2 Å². The molecule has 0 radical (unpaired) electrons. The fourth-order valence-corrected chi connectivity index (χ4v) is 3.01. The topological polar surface area (TPSA) is 71.9 Å². The first-order valence-corrected chi connectivity index (χ1v) is 8.49. The second-order valence-electron chi connectivity index (χ2n) is 5.79. The molecule has 1 aromatic carbocycles. The lowest BCUT2D eigenvalue weighted by Crippen LogP contribution is -2.31. The number of hydrogen-bond acceptors (Lipinski definition) is 5. The molecule has 2 aromatic rings. The first kappa shape index (κ1) is 17.1. The van der Waals surface area contributed by atoms with Crippen molar-refractivity contribution < 1.29 is 19.4 Å². The zero-order chi connectivity index (χ0) is 17.8. The summed E-state index contributed by atoms with van der Waals surface area (Å²) in [5.41, 5.74) is 2.45. The molecule has 132 valence electrons. The van der Waals surface area contributed by atoms with Gasteiger partial charge in [-0.3, -0.25) is 0 Å².